The number of aromatic nitrogens is 4. The molecular weight excluding hydrogens is 727 g/mol. The summed E-state index contributed by atoms with van der Waals surface area (Å²) in [5, 5.41) is 10.8. The first-order valence-corrected chi connectivity index (χ1v) is 17.6. The first-order valence-electron chi connectivity index (χ1n) is 17.3. The third kappa shape index (κ3) is 7.76. The van der Waals surface area contributed by atoms with Crippen LogP contribution in [0.1, 0.15) is 23.7 Å². The molecule has 1 atom stereocenters. The fourth-order valence-electron chi connectivity index (χ4n) is 6.14. The Morgan fingerprint density at radius 2 is 1.69 bits per heavy atom. The number of rotatable bonds is 13. The molecule has 11 nitrogen and oxygen atoms in total. The average molecular weight is 761 g/mol. The van der Waals surface area contributed by atoms with Gasteiger partial charge in [-0.1, -0.05) is 48.0 Å². The number of carbonyl (C=O) groups excluding carboxylic acids is 1. The molecule has 4 aromatic carbocycles. The minimum Gasteiger partial charge on any atom is -0.506 e. The van der Waals surface area contributed by atoms with Gasteiger partial charge in [-0.25, -0.2) is 29.1 Å². The Bertz CT molecular complexity index is 2490. The number of phenolic OH excluding ortho intramolecular Hbond substituents is 1. The molecule has 0 aliphatic heterocycles. The Morgan fingerprint density at radius 1 is 0.927 bits per heavy atom. The van der Waals surface area contributed by atoms with E-state index in [1.807, 2.05) is 42.5 Å². The van der Waals surface area contributed by atoms with Crippen LogP contribution in [0.25, 0.3) is 44.9 Å². The lowest BCUT2D eigenvalue weighted by molar-refractivity contribution is -0.151. The number of hydrogen-bond acceptors (Lipinski definition) is 11. The van der Waals surface area contributed by atoms with E-state index in [2.05, 4.69) is 15.0 Å². The summed E-state index contributed by atoms with van der Waals surface area (Å²) in [6.45, 7) is 3.66. The number of methoxy groups -OCH3 is 1. The van der Waals surface area contributed by atoms with Gasteiger partial charge in [-0.15, -0.1) is 0 Å². The van der Waals surface area contributed by atoms with Crippen LogP contribution >= 0.6 is 11.6 Å². The number of carbonyl (C=O) groups is 1. The first kappa shape index (κ1) is 36.8. The quantitative estimate of drug-likeness (QED) is 0.113. The van der Waals surface area contributed by atoms with Gasteiger partial charge in [0.05, 0.1) is 30.0 Å². The van der Waals surface area contributed by atoms with E-state index in [0.29, 0.717) is 62.0 Å². The van der Waals surface area contributed by atoms with Crippen molar-refractivity contribution in [2.24, 2.45) is 0 Å². The number of para-hydroxylation sites is 2. The fourth-order valence-corrected chi connectivity index (χ4v) is 6.31. The first-order chi connectivity index (χ1) is 26.7. The number of nitrogens with zero attached hydrogens (tertiary/aromatic N) is 4. The Balaban J connectivity index is 1.24. The minimum atomic E-state index is -1.19. The van der Waals surface area contributed by atoms with Crippen LogP contribution in [0.2, 0.25) is 5.02 Å². The number of esters is 1. The lowest BCUT2D eigenvalue weighted by Crippen LogP contribution is -2.32. The van der Waals surface area contributed by atoms with E-state index in [-0.39, 0.29) is 42.0 Å². The van der Waals surface area contributed by atoms with Crippen molar-refractivity contribution in [2.75, 3.05) is 13.7 Å². The Labute approximate surface area is 320 Å². The second kappa shape index (κ2) is 16.2. The molecule has 3 aromatic heterocycles. The van der Waals surface area contributed by atoms with Crippen molar-refractivity contribution in [1.82, 2.24) is 19.9 Å². The lowest BCUT2D eigenvalue weighted by atomic mass is 9.95. The van der Waals surface area contributed by atoms with Gasteiger partial charge in [-0.2, -0.15) is 0 Å². The fraction of sp³-hybridized carbons (Fsp3) is 0.167. The van der Waals surface area contributed by atoms with E-state index in [0.717, 1.165) is 5.56 Å². The Kier molecular flexibility index (Phi) is 10.9. The summed E-state index contributed by atoms with van der Waals surface area (Å²) in [5.41, 5.74) is 4.30. The van der Waals surface area contributed by atoms with Gasteiger partial charge in [0.2, 0.25) is 17.7 Å². The molecule has 0 radical (unpaired) electrons. The number of hydrogen-bond donors (Lipinski definition) is 1. The van der Waals surface area contributed by atoms with Crippen molar-refractivity contribution in [3.05, 3.63) is 131 Å². The third-order valence-electron chi connectivity index (χ3n) is 8.81. The highest BCUT2D eigenvalue weighted by Gasteiger charge is 2.30. The van der Waals surface area contributed by atoms with E-state index in [1.54, 1.807) is 57.5 Å². The maximum atomic E-state index is 14.0. The predicted octanol–water partition coefficient (Wildman–Crippen LogP) is 8.96. The van der Waals surface area contributed by atoms with E-state index >= 15 is 0 Å². The summed E-state index contributed by atoms with van der Waals surface area (Å²) in [6.07, 6.45) is 1.77. The molecule has 1 N–H and O–H groups in total. The van der Waals surface area contributed by atoms with Crippen LogP contribution in [0.5, 0.6) is 23.1 Å². The number of benzene rings is 4. The molecule has 278 valence electrons. The summed E-state index contributed by atoms with van der Waals surface area (Å²) >= 11 is 6.51. The standard InChI is InChI=1S/C42H34ClFN4O7/c1-4-52-42(50)34(21-26-9-5-7-11-32(26)53-22-28-19-20-45-39(48-28)30-10-6-8-12-33(30)51-3)54-40-36-35(29-17-18-31(49)37(43)24(29)2)38(55-41(36)47-23-46-40)25-13-15-27(44)16-14-25/h5-20,23,34,49H,4,21-22H2,1-3H3. The summed E-state index contributed by atoms with van der Waals surface area (Å²) in [4.78, 5) is 31.5. The maximum Gasteiger partial charge on any atom is 0.347 e. The number of halogens is 2. The topological polar surface area (TPSA) is 139 Å². The van der Waals surface area contributed by atoms with Gasteiger partial charge >= 0.3 is 5.97 Å². The molecule has 1 unspecified atom stereocenters. The molecule has 13 heteroatoms. The van der Waals surface area contributed by atoms with Gasteiger partial charge in [0.1, 0.15) is 47.1 Å². The van der Waals surface area contributed by atoms with Crippen molar-refractivity contribution in [1.29, 1.82) is 0 Å². The van der Waals surface area contributed by atoms with Crippen LogP contribution in [0, 0.1) is 12.7 Å². The maximum absolute atomic E-state index is 14.0. The SMILES string of the molecule is CCOC(=O)C(Cc1ccccc1OCc1ccnc(-c2ccccc2OC)n1)Oc1ncnc2oc(-c3ccc(F)cc3)c(-c3ccc(O)c(Cl)c3C)c12. The van der Waals surface area contributed by atoms with Crippen LogP contribution < -0.4 is 14.2 Å². The number of furan rings is 1. The summed E-state index contributed by atoms with van der Waals surface area (Å²) in [6, 6.07) is 25.4. The highest BCUT2D eigenvalue weighted by atomic mass is 35.5. The zero-order valence-corrected chi connectivity index (χ0v) is 30.7. The van der Waals surface area contributed by atoms with E-state index < -0.39 is 17.9 Å². The highest BCUT2D eigenvalue weighted by molar-refractivity contribution is 6.33. The van der Waals surface area contributed by atoms with Gasteiger partial charge in [-0.3, -0.25) is 0 Å². The van der Waals surface area contributed by atoms with E-state index in [4.69, 9.17) is 39.9 Å². The van der Waals surface area contributed by atoms with Gasteiger partial charge in [0.25, 0.3) is 0 Å². The minimum absolute atomic E-state index is 0.0296. The van der Waals surface area contributed by atoms with Crippen molar-refractivity contribution < 1.29 is 37.7 Å². The van der Waals surface area contributed by atoms with Crippen molar-refractivity contribution in [2.45, 2.75) is 33.0 Å². The molecule has 0 bridgehead atoms. The van der Waals surface area contributed by atoms with E-state index in [1.165, 1.54) is 24.5 Å². The summed E-state index contributed by atoms with van der Waals surface area (Å²) in [5.74, 6) is 0.837. The third-order valence-corrected chi connectivity index (χ3v) is 9.29. The molecule has 0 saturated heterocycles. The molecule has 0 aliphatic rings. The van der Waals surface area contributed by atoms with Gasteiger partial charge < -0.3 is 28.5 Å². The average Bonchev–Trinajstić information content (AvgIpc) is 3.60. The largest absolute Gasteiger partial charge is 0.506 e. The van der Waals surface area contributed by atoms with Gasteiger partial charge in [0, 0.05) is 23.7 Å². The molecular formula is C42H34ClFN4O7. The van der Waals surface area contributed by atoms with E-state index in [9.17, 15) is 14.3 Å². The molecule has 0 fully saturated rings. The number of aromatic hydroxyl groups is 1. The monoisotopic (exact) mass is 760 g/mol. The number of fused-ring (bicyclic) bond motifs is 1. The Hall–Kier alpha value is -6.53. The second-order valence-corrected chi connectivity index (χ2v) is 12.7. The molecule has 0 amide bonds. The normalized spacial score (nSPS) is 11.7. The number of ether oxygens (including phenoxy) is 4. The molecule has 7 rings (SSSR count). The van der Waals surface area contributed by atoms with Gasteiger partial charge in [0.15, 0.2) is 5.82 Å². The smallest absolute Gasteiger partial charge is 0.347 e. The van der Waals surface area contributed by atoms with Crippen LogP contribution in [-0.2, 0) is 22.6 Å². The van der Waals surface area contributed by atoms with Gasteiger partial charge in [-0.05, 0) is 85.1 Å². The molecule has 3 heterocycles. The second-order valence-electron chi connectivity index (χ2n) is 12.3. The number of phenols is 1. The summed E-state index contributed by atoms with van der Waals surface area (Å²) in [7, 11) is 1.59. The van der Waals surface area contributed by atoms with Crippen LogP contribution in [-0.4, -0.2) is 50.8 Å². The molecule has 0 saturated carbocycles. The zero-order chi connectivity index (χ0) is 38.5. The van der Waals surface area contributed by atoms with Crippen molar-refractivity contribution in [3.63, 3.8) is 0 Å². The van der Waals surface area contributed by atoms with Crippen molar-refractivity contribution >= 4 is 28.7 Å². The highest BCUT2D eigenvalue weighted by Crippen LogP contribution is 2.46. The molecule has 0 spiro atoms. The van der Waals surface area contributed by atoms with Crippen LogP contribution in [0.15, 0.2) is 108 Å². The van der Waals surface area contributed by atoms with Crippen LogP contribution in [0.4, 0.5) is 4.39 Å². The summed E-state index contributed by atoms with van der Waals surface area (Å²) < 4.78 is 44.0. The molecule has 55 heavy (non-hydrogen) atoms. The molecule has 0 aliphatic carbocycles. The molecule has 7 aromatic rings. The Morgan fingerprint density at radius 3 is 2.47 bits per heavy atom. The predicted molar refractivity (Wildman–Crippen MR) is 204 cm³/mol. The zero-order valence-electron chi connectivity index (χ0n) is 30.0. The van der Waals surface area contributed by atoms with Crippen LogP contribution in [0.3, 0.4) is 0 Å². The van der Waals surface area contributed by atoms with Crippen molar-refractivity contribution in [3.8, 4) is 57.0 Å². The lowest BCUT2D eigenvalue weighted by Gasteiger charge is -2.19.